The lowest BCUT2D eigenvalue weighted by atomic mass is 9.97. The van der Waals surface area contributed by atoms with Gasteiger partial charge < -0.3 is 0 Å². The van der Waals surface area contributed by atoms with E-state index >= 15 is 0 Å². The molecule has 0 aliphatic heterocycles. The van der Waals surface area contributed by atoms with Crippen molar-refractivity contribution in [1.29, 1.82) is 0 Å². The Kier molecular flexibility index (Phi) is 2.42. The SMILES string of the molecule is O=[N+]([O-])c1cccc2ccc3cc4ccccc4cc3c12. The van der Waals surface area contributed by atoms with Crippen LogP contribution < -0.4 is 0 Å². The van der Waals surface area contributed by atoms with Crippen LogP contribution in [-0.2, 0) is 0 Å². The quantitative estimate of drug-likeness (QED) is 0.211. The van der Waals surface area contributed by atoms with Crippen molar-refractivity contribution in [2.75, 3.05) is 0 Å². The fourth-order valence-corrected chi connectivity index (χ4v) is 2.93. The molecule has 0 heterocycles. The molecule has 0 N–H and O–H groups in total. The van der Waals surface area contributed by atoms with Gasteiger partial charge in [0.25, 0.3) is 5.69 Å². The lowest BCUT2D eigenvalue weighted by Crippen LogP contribution is -1.90. The third kappa shape index (κ3) is 1.75. The Morgan fingerprint density at radius 3 is 2.14 bits per heavy atom. The van der Waals surface area contributed by atoms with Gasteiger partial charge in [0, 0.05) is 6.07 Å². The van der Waals surface area contributed by atoms with E-state index in [-0.39, 0.29) is 10.6 Å². The molecular weight excluding hydrogens is 262 g/mol. The Morgan fingerprint density at radius 1 is 0.714 bits per heavy atom. The Hall–Kier alpha value is -2.94. The van der Waals surface area contributed by atoms with Gasteiger partial charge in [0.15, 0.2) is 0 Å². The zero-order chi connectivity index (χ0) is 14.4. The second kappa shape index (κ2) is 4.28. The molecule has 0 aromatic heterocycles. The van der Waals surface area contributed by atoms with Crippen LogP contribution in [0, 0.1) is 10.1 Å². The Balaban J connectivity index is 2.26. The van der Waals surface area contributed by atoms with Crippen LogP contribution in [0.4, 0.5) is 5.69 Å². The van der Waals surface area contributed by atoms with Crippen LogP contribution in [0.15, 0.2) is 66.7 Å². The molecule has 0 aliphatic rings. The highest BCUT2D eigenvalue weighted by Crippen LogP contribution is 2.34. The predicted octanol–water partition coefficient (Wildman–Crippen LogP) is 5.05. The summed E-state index contributed by atoms with van der Waals surface area (Å²) >= 11 is 0. The summed E-state index contributed by atoms with van der Waals surface area (Å²) < 4.78 is 0. The third-order valence-corrected chi connectivity index (χ3v) is 3.90. The van der Waals surface area contributed by atoms with Gasteiger partial charge in [-0.2, -0.15) is 0 Å². The second-order valence-corrected chi connectivity index (χ2v) is 5.12. The van der Waals surface area contributed by atoms with Crippen LogP contribution in [0.3, 0.4) is 0 Å². The van der Waals surface area contributed by atoms with Crippen molar-refractivity contribution in [3.05, 3.63) is 76.8 Å². The molecule has 3 nitrogen and oxygen atoms in total. The van der Waals surface area contributed by atoms with Gasteiger partial charge in [-0.05, 0) is 39.1 Å². The summed E-state index contributed by atoms with van der Waals surface area (Å²) in [6, 6.07) is 21.4. The van der Waals surface area contributed by atoms with Crippen molar-refractivity contribution >= 4 is 38.0 Å². The molecule has 0 unspecified atom stereocenters. The average Bonchev–Trinajstić information content (AvgIpc) is 2.52. The number of hydrogen-bond acceptors (Lipinski definition) is 2. The summed E-state index contributed by atoms with van der Waals surface area (Å²) in [5.41, 5.74) is 0.161. The van der Waals surface area contributed by atoms with Crippen molar-refractivity contribution in [1.82, 2.24) is 0 Å². The van der Waals surface area contributed by atoms with E-state index in [1.165, 1.54) is 0 Å². The standard InChI is InChI=1S/C18H11NO2/c20-19(21)17-7-3-6-12-8-9-15-10-13-4-1-2-5-14(13)11-16(15)18(12)17/h1-11H. The van der Waals surface area contributed by atoms with Gasteiger partial charge in [-0.3, -0.25) is 10.1 Å². The van der Waals surface area contributed by atoms with Crippen molar-refractivity contribution in [3.63, 3.8) is 0 Å². The number of rotatable bonds is 1. The van der Waals surface area contributed by atoms with Crippen molar-refractivity contribution < 1.29 is 4.92 Å². The molecule has 0 atom stereocenters. The number of fused-ring (bicyclic) bond motifs is 4. The largest absolute Gasteiger partial charge is 0.277 e. The van der Waals surface area contributed by atoms with Gasteiger partial charge in [0.1, 0.15) is 0 Å². The van der Waals surface area contributed by atoms with Crippen molar-refractivity contribution in [2.45, 2.75) is 0 Å². The number of nitro groups is 1. The first kappa shape index (κ1) is 11.9. The Labute approximate surface area is 120 Å². The molecule has 3 heteroatoms. The zero-order valence-electron chi connectivity index (χ0n) is 11.1. The highest BCUT2D eigenvalue weighted by molar-refractivity contribution is 6.15. The summed E-state index contributed by atoms with van der Waals surface area (Å²) in [6.45, 7) is 0. The van der Waals surface area contributed by atoms with Crippen LogP contribution >= 0.6 is 0 Å². The minimum absolute atomic E-state index is 0.161. The predicted molar refractivity (Wildman–Crippen MR) is 85.6 cm³/mol. The number of nitro benzene ring substituents is 1. The molecule has 0 saturated carbocycles. The maximum atomic E-state index is 11.3. The van der Waals surface area contributed by atoms with Gasteiger partial charge in [-0.1, -0.05) is 48.5 Å². The average molecular weight is 273 g/mol. The third-order valence-electron chi connectivity index (χ3n) is 3.90. The smallest absolute Gasteiger partial charge is 0.258 e. The maximum Gasteiger partial charge on any atom is 0.277 e. The molecule has 0 fully saturated rings. The van der Waals surface area contributed by atoms with E-state index in [9.17, 15) is 10.1 Å². The first-order valence-corrected chi connectivity index (χ1v) is 6.73. The minimum Gasteiger partial charge on any atom is -0.258 e. The normalized spacial score (nSPS) is 11.2. The summed E-state index contributed by atoms with van der Waals surface area (Å²) in [5, 5.41) is 17.1. The summed E-state index contributed by atoms with van der Waals surface area (Å²) in [6.07, 6.45) is 0. The molecule has 4 rings (SSSR count). The lowest BCUT2D eigenvalue weighted by Gasteiger charge is -2.07. The molecular formula is C18H11NO2. The van der Waals surface area contributed by atoms with Gasteiger partial charge in [-0.15, -0.1) is 0 Å². The highest BCUT2D eigenvalue weighted by Gasteiger charge is 2.14. The van der Waals surface area contributed by atoms with E-state index in [0.29, 0.717) is 5.39 Å². The minimum atomic E-state index is -0.309. The van der Waals surface area contributed by atoms with Gasteiger partial charge >= 0.3 is 0 Å². The monoisotopic (exact) mass is 273 g/mol. The second-order valence-electron chi connectivity index (χ2n) is 5.12. The molecule has 0 saturated heterocycles. The molecule has 4 aromatic carbocycles. The molecule has 100 valence electrons. The van der Waals surface area contributed by atoms with E-state index in [1.54, 1.807) is 12.1 Å². The topological polar surface area (TPSA) is 43.1 Å². The molecule has 21 heavy (non-hydrogen) atoms. The van der Waals surface area contributed by atoms with Crippen molar-refractivity contribution in [3.8, 4) is 0 Å². The lowest BCUT2D eigenvalue weighted by molar-refractivity contribution is -0.383. The van der Waals surface area contributed by atoms with E-state index in [0.717, 1.165) is 26.9 Å². The first-order chi connectivity index (χ1) is 10.2. The van der Waals surface area contributed by atoms with Crippen LogP contribution in [0.25, 0.3) is 32.3 Å². The first-order valence-electron chi connectivity index (χ1n) is 6.73. The molecule has 0 radical (unpaired) electrons. The zero-order valence-corrected chi connectivity index (χ0v) is 11.1. The van der Waals surface area contributed by atoms with Crippen LogP contribution in [0.2, 0.25) is 0 Å². The van der Waals surface area contributed by atoms with Gasteiger partial charge in [-0.25, -0.2) is 0 Å². The Bertz CT molecular complexity index is 1020. The van der Waals surface area contributed by atoms with Crippen LogP contribution in [0.5, 0.6) is 0 Å². The molecule has 0 aliphatic carbocycles. The van der Waals surface area contributed by atoms with Gasteiger partial charge in [0.2, 0.25) is 0 Å². The molecule has 0 spiro atoms. The van der Waals surface area contributed by atoms with E-state index in [1.807, 2.05) is 42.5 Å². The number of nitrogens with zero attached hydrogens (tertiary/aromatic N) is 1. The fourth-order valence-electron chi connectivity index (χ4n) is 2.93. The van der Waals surface area contributed by atoms with E-state index in [2.05, 4.69) is 12.1 Å². The summed E-state index contributed by atoms with van der Waals surface area (Å²) in [4.78, 5) is 11.0. The van der Waals surface area contributed by atoms with E-state index in [4.69, 9.17) is 0 Å². The van der Waals surface area contributed by atoms with Gasteiger partial charge in [0.05, 0.1) is 10.3 Å². The number of non-ortho nitro benzene ring substituents is 1. The van der Waals surface area contributed by atoms with E-state index < -0.39 is 0 Å². The molecule has 0 amide bonds. The van der Waals surface area contributed by atoms with Crippen molar-refractivity contribution in [2.24, 2.45) is 0 Å². The maximum absolute atomic E-state index is 11.3. The Morgan fingerprint density at radius 2 is 1.38 bits per heavy atom. The highest BCUT2D eigenvalue weighted by atomic mass is 16.6. The number of benzene rings is 4. The molecule has 4 aromatic rings. The summed E-state index contributed by atoms with van der Waals surface area (Å²) in [7, 11) is 0. The summed E-state index contributed by atoms with van der Waals surface area (Å²) in [5.74, 6) is 0. The van der Waals surface area contributed by atoms with Crippen LogP contribution in [-0.4, -0.2) is 4.92 Å². The molecule has 0 bridgehead atoms. The number of hydrogen-bond donors (Lipinski definition) is 0. The fraction of sp³-hybridized carbons (Fsp3) is 0. The van der Waals surface area contributed by atoms with Crippen LogP contribution in [0.1, 0.15) is 0 Å².